The van der Waals surface area contributed by atoms with Crippen molar-refractivity contribution in [2.75, 3.05) is 10.7 Å². The zero-order valence-electron chi connectivity index (χ0n) is 11.1. The summed E-state index contributed by atoms with van der Waals surface area (Å²) in [6, 6.07) is 11.2. The molecule has 112 valence electrons. The van der Waals surface area contributed by atoms with Gasteiger partial charge >= 0.3 is 0 Å². The van der Waals surface area contributed by atoms with Crippen molar-refractivity contribution in [3.63, 3.8) is 0 Å². The van der Waals surface area contributed by atoms with Gasteiger partial charge in [0.05, 0.1) is 5.02 Å². The van der Waals surface area contributed by atoms with E-state index in [4.69, 9.17) is 11.6 Å². The molecule has 0 atom stereocenters. The fraction of sp³-hybridized carbons (Fsp3) is 0.250. The van der Waals surface area contributed by atoms with E-state index in [1.807, 2.05) is 0 Å². The zero-order chi connectivity index (χ0) is 15.5. The predicted molar refractivity (Wildman–Crippen MR) is 90.8 cm³/mol. The Balaban J connectivity index is 2.37. The van der Waals surface area contributed by atoms with E-state index in [9.17, 15) is 8.78 Å². The van der Waals surface area contributed by atoms with Crippen LogP contribution in [-0.4, -0.2) is 10.7 Å². The molecule has 0 aliphatic heterocycles. The van der Waals surface area contributed by atoms with E-state index in [0.717, 1.165) is 11.1 Å². The van der Waals surface area contributed by atoms with Crippen LogP contribution in [0.15, 0.2) is 42.5 Å². The molecule has 0 radical (unpaired) electrons. The number of benzene rings is 2. The lowest BCUT2D eigenvalue weighted by molar-refractivity contribution is 0.546. The first-order chi connectivity index (χ1) is 10.0. The van der Waals surface area contributed by atoms with Crippen molar-refractivity contribution in [3.05, 3.63) is 70.2 Å². The molecule has 2 aromatic carbocycles. The summed E-state index contributed by atoms with van der Waals surface area (Å²) >= 11 is 12.9. The van der Waals surface area contributed by atoms with Gasteiger partial charge in [-0.1, -0.05) is 61.7 Å². The van der Waals surface area contributed by atoms with Crippen molar-refractivity contribution in [2.24, 2.45) is 0 Å². The van der Waals surface area contributed by atoms with Crippen LogP contribution in [0.4, 0.5) is 8.78 Å². The van der Waals surface area contributed by atoms with Gasteiger partial charge in [-0.15, -0.1) is 0 Å². The highest BCUT2D eigenvalue weighted by Gasteiger charge is 2.30. The first-order valence-corrected chi connectivity index (χ1v) is 8.95. The molecular weight excluding hydrogens is 425 g/mol. The molecule has 0 saturated carbocycles. The van der Waals surface area contributed by atoms with Crippen molar-refractivity contribution in [1.29, 1.82) is 0 Å². The molecule has 0 heterocycles. The van der Waals surface area contributed by atoms with Crippen molar-refractivity contribution in [2.45, 2.75) is 11.8 Å². The Hall–Kier alpha value is -0.450. The maximum absolute atomic E-state index is 13.3. The van der Waals surface area contributed by atoms with Crippen LogP contribution in [0.3, 0.4) is 0 Å². The summed E-state index contributed by atoms with van der Waals surface area (Å²) in [6.45, 7) is 0. The van der Waals surface area contributed by atoms with Crippen LogP contribution in [0, 0.1) is 11.6 Å². The van der Waals surface area contributed by atoms with E-state index < -0.39 is 5.82 Å². The van der Waals surface area contributed by atoms with Gasteiger partial charge in [0.1, 0.15) is 11.6 Å². The van der Waals surface area contributed by atoms with Gasteiger partial charge in [0, 0.05) is 16.1 Å². The summed E-state index contributed by atoms with van der Waals surface area (Å²) in [5.74, 6) is -0.688. The van der Waals surface area contributed by atoms with E-state index in [1.165, 1.54) is 18.2 Å². The molecule has 2 aromatic rings. The van der Waals surface area contributed by atoms with E-state index in [1.54, 1.807) is 24.3 Å². The summed E-state index contributed by atoms with van der Waals surface area (Å²) < 4.78 is 26.4. The molecule has 2 rings (SSSR count). The molecule has 0 N–H and O–H groups in total. The maximum atomic E-state index is 13.3. The molecule has 5 heteroatoms. The van der Waals surface area contributed by atoms with Gasteiger partial charge in [-0.25, -0.2) is 8.78 Å². The van der Waals surface area contributed by atoms with Crippen LogP contribution in [0.5, 0.6) is 0 Å². The quantitative estimate of drug-likeness (QED) is 0.511. The minimum atomic E-state index is -0.425. The van der Waals surface area contributed by atoms with E-state index in [2.05, 4.69) is 31.9 Å². The number of alkyl halides is 2. The van der Waals surface area contributed by atoms with Gasteiger partial charge < -0.3 is 0 Å². The molecule has 0 bridgehead atoms. The molecule has 0 aliphatic rings. The third-order valence-electron chi connectivity index (χ3n) is 3.49. The lowest BCUT2D eigenvalue weighted by atomic mass is 9.79. The normalized spacial score (nSPS) is 11.7. The van der Waals surface area contributed by atoms with Crippen LogP contribution in [0.2, 0.25) is 5.02 Å². The minimum Gasteiger partial charge on any atom is -0.207 e. The van der Waals surface area contributed by atoms with Crippen LogP contribution < -0.4 is 0 Å². The Labute approximate surface area is 144 Å². The molecule has 0 saturated heterocycles. The highest BCUT2D eigenvalue weighted by Crippen LogP contribution is 2.33. The largest absolute Gasteiger partial charge is 0.207 e. The van der Waals surface area contributed by atoms with Gasteiger partial charge in [0.15, 0.2) is 0 Å². The second kappa shape index (κ2) is 7.21. The Bertz CT molecular complexity index is 610. The smallest absolute Gasteiger partial charge is 0.141 e. The third-order valence-corrected chi connectivity index (χ3v) is 5.93. The lowest BCUT2D eigenvalue weighted by Gasteiger charge is -2.31. The SMILES string of the molecule is Fc1ccc(C(CBr)(CBr)Cc2ccc(F)c(Cl)c2)cc1. The van der Waals surface area contributed by atoms with Gasteiger partial charge in [-0.2, -0.15) is 0 Å². The highest BCUT2D eigenvalue weighted by molar-refractivity contribution is 9.09. The summed E-state index contributed by atoms with van der Waals surface area (Å²) in [5.41, 5.74) is 1.69. The van der Waals surface area contributed by atoms with E-state index in [0.29, 0.717) is 17.1 Å². The topological polar surface area (TPSA) is 0 Å². The molecule has 0 spiro atoms. The highest BCUT2D eigenvalue weighted by atomic mass is 79.9. The molecule has 0 aromatic heterocycles. The monoisotopic (exact) mass is 436 g/mol. The summed E-state index contributed by atoms with van der Waals surface area (Å²) in [6.07, 6.45) is 0.662. The minimum absolute atomic E-state index is 0.115. The molecule has 0 unspecified atom stereocenters. The van der Waals surface area contributed by atoms with Crippen LogP contribution in [0.25, 0.3) is 0 Å². The van der Waals surface area contributed by atoms with E-state index in [-0.39, 0.29) is 16.3 Å². The van der Waals surface area contributed by atoms with Crippen LogP contribution in [-0.2, 0) is 11.8 Å². The fourth-order valence-corrected chi connectivity index (χ4v) is 4.41. The molecule has 0 fully saturated rings. The van der Waals surface area contributed by atoms with Crippen molar-refractivity contribution in [1.82, 2.24) is 0 Å². The first kappa shape index (κ1) is 16.9. The van der Waals surface area contributed by atoms with Gasteiger partial charge in [-0.3, -0.25) is 0 Å². The summed E-state index contributed by atoms with van der Waals surface area (Å²) in [5, 5.41) is 1.49. The van der Waals surface area contributed by atoms with E-state index >= 15 is 0 Å². The average Bonchev–Trinajstić information content (AvgIpc) is 2.49. The van der Waals surface area contributed by atoms with Gasteiger partial charge in [-0.05, 0) is 41.8 Å². The Morgan fingerprint density at radius 2 is 1.57 bits per heavy atom. The Morgan fingerprint density at radius 1 is 0.952 bits per heavy atom. The number of halogens is 5. The molecular formula is C16H13Br2ClF2. The predicted octanol–water partition coefficient (Wildman–Crippen LogP) is 5.89. The lowest BCUT2D eigenvalue weighted by Crippen LogP contribution is -2.33. The average molecular weight is 439 g/mol. The number of hydrogen-bond acceptors (Lipinski definition) is 0. The van der Waals surface area contributed by atoms with Gasteiger partial charge in [0.25, 0.3) is 0 Å². The van der Waals surface area contributed by atoms with Crippen molar-refractivity contribution in [3.8, 4) is 0 Å². The second-order valence-corrected chi connectivity index (χ2v) is 6.51. The van der Waals surface area contributed by atoms with Gasteiger partial charge in [0.2, 0.25) is 0 Å². The van der Waals surface area contributed by atoms with Crippen LogP contribution >= 0.6 is 43.5 Å². The molecule has 0 amide bonds. The number of rotatable bonds is 5. The molecule has 0 aliphatic carbocycles. The summed E-state index contributed by atoms with van der Waals surface area (Å²) in [4.78, 5) is 0. The second-order valence-electron chi connectivity index (χ2n) is 4.98. The molecule has 0 nitrogen and oxygen atoms in total. The Morgan fingerprint density at radius 3 is 2.10 bits per heavy atom. The Kier molecular flexibility index (Phi) is 5.81. The third kappa shape index (κ3) is 3.85. The molecule has 21 heavy (non-hydrogen) atoms. The first-order valence-electron chi connectivity index (χ1n) is 6.33. The zero-order valence-corrected chi connectivity index (χ0v) is 15.0. The van der Waals surface area contributed by atoms with Crippen molar-refractivity contribution < 1.29 is 8.78 Å². The summed E-state index contributed by atoms with van der Waals surface area (Å²) in [7, 11) is 0. The fourth-order valence-electron chi connectivity index (χ4n) is 2.23. The number of hydrogen-bond donors (Lipinski definition) is 0. The van der Waals surface area contributed by atoms with Crippen molar-refractivity contribution >= 4 is 43.5 Å². The standard InChI is InChI=1S/C16H13Br2ClF2/c17-9-16(10-18,12-2-4-13(20)5-3-12)8-11-1-6-15(21)14(19)7-11/h1-7H,8-10H2. The van der Waals surface area contributed by atoms with Crippen LogP contribution in [0.1, 0.15) is 11.1 Å². The maximum Gasteiger partial charge on any atom is 0.141 e.